The van der Waals surface area contributed by atoms with Gasteiger partial charge >= 0.3 is 0 Å². The molecular weight excluding hydrogens is 326 g/mol. The van der Waals surface area contributed by atoms with Gasteiger partial charge in [0.1, 0.15) is 0 Å². The smallest absolute Gasteiger partial charge is 0.178 e. The van der Waals surface area contributed by atoms with E-state index < -0.39 is 9.84 Å². The molecule has 0 atom stereocenters. The Bertz CT molecular complexity index is 509. The fraction of sp³-hybridized carbons (Fsp3) is 0.571. The predicted molar refractivity (Wildman–Crippen MR) is 82.9 cm³/mol. The normalized spacial score (nSPS) is 15.5. The highest BCUT2D eigenvalue weighted by Gasteiger charge is 2.28. The highest BCUT2D eigenvalue weighted by Crippen LogP contribution is 2.32. The quantitative estimate of drug-likeness (QED) is 0.712. The molecule has 0 bridgehead atoms. The average Bonchev–Trinajstić information content (AvgIpc) is 3.20. The topological polar surface area (TPSA) is 37.4 Å². The summed E-state index contributed by atoms with van der Waals surface area (Å²) in [5, 5.41) is 0.930. The van der Waals surface area contributed by atoms with E-state index in [0.29, 0.717) is 17.4 Å². The van der Waals surface area contributed by atoms with Crippen LogP contribution in [0.3, 0.4) is 0 Å². The van der Waals surface area contributed by atoms with E-state index in [1.807, 2.05) is 19.1 Å². The Labute approximate surface area is 124 Å². The first-order valence-corrected chi connectivity index (χ1v) is 9.51. The maximum atomic E-state index is 12.0. The van der Waals surface area contributed by atoms with Gasteiger partial charge in [-0.2, -0.15) is 0 Å². The zero-order chi connectivity index (χ0) is 13.9. The molecule has 106 valence electrons. The first-order chi connectivity index (χ1) is 9.08. The second-order valence-corrected chi connectivity index (χ2v) is 7.83. The second-order valence-electron chi connectivity index (χ2n) is 4.93. The molecule has 19 heavy (non-hydrogen) atoms. The number of anilines is 1. The van der Waals surface area contributed by atoms with Gasteiger partial charge in [-0.25, -0.2) is 8.42 Å². The minimum absolute atomic E-state index is 0.222. The van der Waals surface area contributed by atoms with Crippen molar-refractivity contribution in [1.82, 2.24) is 0 Å². The molecule has 0 aromatic heterocycles. The largest absolute Gasteiger partial charge is 0.368 e. The lowest BCUT2D eigenvalue weighted by molar-refractivity contribution is 0.594. The van der Waals surface area contributed by atoms with Gasteiger partial charge in [-0.05, 0) is 43.5 Å². The molecule has 2 rings (SSSR count). The summed E-state index contributed by atoms with van der Waals surface area (Å²) in [5.41, 5.74) is 1.12. The molecule has 5 heteroatoms. The van der Waals surface area contributed by atoms with Crippen molar-refractivity contribution in [2.24, 2.45) is 0 Å². The molecule has 1 aromatic carbocycles. The fourth-order valence-electron chi connectivity index (χ4n) is 2.23. The maximum absolute atomic E-state index is 12.0. The van der Waals surface area contributed by atoms with Crippen LogP contribution in [0.2, 0.25) is 0 Å². The van der Waals surface area contributed by atoms with Crippen LogP contribution in [0.15, 0.2) is 29.2 Å². The Morgan fingerprint density at radius 1 is 1.26 bits per heavy atom. The standard InChI is InChI=1S/C14H20BrNO2S/c1-2-11-19(17,18)14-7-5-13(6-8-14)16(10-9-15)12-3-4-12/h5-8,12H,2-4,9-11H2,1H3. The molecule has 3 nitrogen and oxygen atoms in total. The Balaban J connectivity index is 2.17. The molecule has 0 aliphatic heterocycles. The number of alkyl halides is 1. The number of benzene rings is 1. The van der Waals surface area contributed by atoms with Gasteiger partial charge in [-0.15, -0.1) is 0 Å². The van der Waals surface area contributed by atoms with Gasteiger partial charge in [0.2, 0.25) is 0 Å². The molecule has 0 heterocycles. The maximum Gasteiger partial charge on any atom is 0.178 e. The van der Waals surface area contributed by atoms with E-state index >= 15 is 0 Å². The minimum atomic E-state index is -3.10. The predicted octanol–water partition coefficient (Wildman–Crippen LogP) is 3.23. The highest BCUT2D eigenvalue weighted by molar-refractivity contribution is 9.09. The van der Waals surface area contributed by atoms with Crippen LogP contribution in [0, 0.1) is 0 Å². The van der Waals surface area contributed by atoms with Crippen LogP contribution >= 0.6 is 15.9 Å². The Hall–Kier alpha value is -0.550. The van der Waals surface area contributed by atoms with Crippen LogP contribution in [0.1, 0.15) is 26.2 Å². The summed E-state index contributed by atoms with van der Waals surface area (Å²) >= 11 is 3.47. The van der Waals surface area contributed by atoms with Crippen LogP contribution in [-0.2, 0) is 9.84 Å². The Morgan fingerprint density at radius 2 is 1.89 bits per heavy atom. The number of hydrogen-bond acceptors (Lipinski definition) is 3. The summed E-state index contributed by atoms with van der Waals surface area (Å²) < 4.78 is 23.9. The van der Waals surface area contributed by atoms with E-state index in [9.17, 15) is 8.42 Å². The fourth-order valence-corrected chi connectivity index (χ4v) is 3.94. The van der Waals surface area contributed by atoms with Crippen molar-refractivity contribution in [3.05, 3.63) is 24.3 Å². The van der Waals surface area contributed by atoms with Gasteiger partial charge in [0.25, 0.3) is 0 Å². The minimum Gasteiger partial charge on any atom is -0.368 e. The Kier molecular flexibility index (Phi) is 4.90. The highest BCUT2D eigenvalue weighted by atomic mass is 79.9. The van der Waals surface area contributed by atoms with Gasteiger partial charge in [-0.3, -0.25) is 0 Å². The van der Waals surface area contributed by atoms with Crippen molar-refractivity contribution in [3.8, 4) is 0 Å². The van der Waals surface area contributed by atoms with Gasteiger partial charge in [0, 0.05) is 23.6 Å². The number of rotatable bonds is 7. The van der Waals surface area contributed by atoms with E-state index in [1.165, 1.54) is 12.8 Å². The zero-order valence-electron chi connectivity index (χ0n) is 11.2. The van der Waals surface area contributed by atoms with Crippen molar-refractivity contribution in [2.75, 3.05) is 22.5 Å². The van der Waals surface area contributed by atoms with Gasteiger partial charge in [-0.1, -0.05) is 22.9 Å². The number of halogens is 1. The molecule has 1 aliphatic carbocycles. The second kappa shape index (κ2) is 6.27. The van der Waals surface area contributed by atoms with Crippen molar-refractivity contribution < 1.29 is 8.42 Å². The lowest BCUT2D eigenvalue weighted by atomic mass is 10.3. The molecule has 1 aromatic rings. The van der Waals surface area contributed by atoms with E-state index in [2.05, 4.69) is 20.8 Å². The lowest BCUT2D eigenvalue weighted by Gasteiger charge is -2.23. The molecule has 0 N–H and O–H groups in total. The molecule has 1 fully saturated rings. The third kappa shape index (κ3) is 3.72. The molecule has 0 unspecified atom stereocenters. The monoisotopic (exact) mass is 345 g/mol. The summed E-state index contributed by atoms with van der Waals surface area (Å²) in [6, 6.07) is 7.98. The van der Waals surface area contributed by atoms with Crippen LogP contribution in [-0.4, -0.2) is 32.1 Å². The SMILES string of the molecule is CCCS(=O)(=O)c1ccc(N(CCBr)C2CC2)cc1. The van der Waals surface area contributed by atoms with E-state index in [1.54, 1.807) is 12.1 Å². The molecular formula is C14H20BrNO2S. The number of nitrogens with zero attached hydrogens (tertiary/aromatic N) is 1. The van der Waals surface area contributed by atoms with Crippen molar-refractivity contribution in [1.29, 1.82) is 0 Å². The summed E-state index contributed by atoms with van der Waals surface area (Å²) in [4.78, 5) is 2.79. The Morgan fingerprint density at radius 3 is 2.37 bits per heavy atom. The van der Waals surface area contributed by atoms with E-state index in [-0.39, 0.29) is 5.75 Å². The first kappa shape index (κ1) is 14.9. The summed E-state index contributed by atoms with van der Waals surface area (Å²) in [6.07, 6.45) is 3.13. The molecule has 0 saturated heterocycles. The van der Waals surface area contributed by atoms with Gasteiger partial charge in [0.05, 0.1) is 10.6 Å². The van der Waals surface area contributed by atoms with E-state index in [4.69, 9.17) is 0 Å². The third-order valence-electron chi connectivity index (χ3n) is 3.31. The van der Waals surface area contributed by atoms with Crippen LogP contribution in [0.5, 0.6) is 0 Å². The van der Waals surface area contributed by atoms with Gasteiger partial charge in [0.15, 0.2) is 9.84 Å². The van der Waals surface area contributed by atoms with Crippen LogP contribution < -0.4 is 4.90 Å². The average molecular weight is 346 g/mol. The molecule has 0 amide bonds. The molecule has 0 spiro atoms. The lowest BCUT2D eigenvalue weighted by Crippen LogP contribution is -2.27. The summed E-state index contributed by atoms with van der Waals surface area (Å²) in [7, 11) is -3.10. The van der Waals surface area contributed by atoms with Crippen LogP contribution in [0.4, 0.5) is 5.69 Å². The van der Waals surface area contributed by atoms with Crippen molar-refractivity contribution in [2.45, 2.75) is 37.1 Å². The van der Waals surface area contributed by atoms with E-state index in [0.717, 1.165) is 17.6 Å². The van der Waals surface area contributed by atoms with Crippen molar-refractivity contribution >= 4 is 31.5 Å². The van der Waals surface area contributed by atoms with Crippen molar-refractivity contribution in [3.63, 3.8) is 0 Å². The molecule has 1 saturated carbocycles. The van der Waals surface area contributed by atoms with Gasteiger partial charge < -0.3 is 4.90 Å². The number of sulfone groups is 1. The zero-order valence-corrected chi connectivity index (χ0v) is 13.6. The molecule has 0 radical (unpaired) electrons. The number of hydrogen-bond donors (Lipinski definition) is 0. The van der Waals surface area contributed by atoms with Crippen LogP contribution in [0.25, 0.3) is 0 Å². The molecule has 1 aliphatic rings. The summed E-state index contributed by atoms with van der Waals surface area (Å²) in [6.45, 7) is 2.85. The summed E-state index contributed by atoms with van der Waals surface area (Å²) in [5.74, 6) is 0.222. The first-order valence-electron chi connectivity index (χ1n) is 6.74. The third-order valence-corrected chi connectivity index (χ3v) is 5.60.